The smallest absolute Gasteiger partial charge is 0.251 e. The fraction of sp³-hybridized carbons (Fsp3) is 0.400. The maximum Gasteiger partial charge on any atom is 0.381 e. The molecule has 86 valence electrons. The van der Waals surface area contributed by atoms with Crippen LogP contribution in [0, 0.1) is 0 Å². The molecule has 0 aliphatic heterocycles. The normalized spacial score (nSPS) is 11.1. The van der Waals surface area contributed by atoms with E-state index in [1.807, 2.05) is 36.4 Å². The first-order valence-corrected chi connectivity index (χ1v) is 6.04. The van der Waals surface area contributed by atoms with Gasteiger partial charge in [0, 0.05) is 0 Å². The molecule has 0 amide bonds. The molecular formula is C10H18FN2OP. The highest BCUT2D eigenvalue weighted by molar-refractivity contribution is 7.53. The lowest BCUT2D eigenvalue weighted by Gasteiger charge is -2.21. The highest BCUT2D eigenvalue weighted by Gasteiger charge is 2.26. The third-order valence-electron chi connectivity index (χ3n) is 1.65. The van der Waals surface area contributed by atoms with Crippen molar-refractivity contribution in [3.63, 3.8) is 0 Å². The van der Waals surface area contributed by atoms with Gasteiger partial charge in [-0.25, -0.2) is 9.34 Å². The zero-order valence-corrected chi connectivity index (χ0v) is 10.5. The van der Waals surface area contributed by atoms with Crippen LogP contribution in [0.2, 0.25) is 0 Å². The van der Waals surface area contributed by atoms with E-state index in [1.54, 1.807) is 0 Å². The summed E-state index contributed by atoms with van der Waals surface area (Å²) in [5.74, 6) is 0. The van der Waals surface area contributed by atoms with Crippen LogP contribution in [0.15, 0.2) is 36.4 Å². The lowest BCUT2D eigenvalue weighted by atomic mass is 10.4. The van der Waals surface area contributed by atoms with Crippen LogP contribution in [0.4, 0.5) is 4.20 Å². The van der Waals surface area contributed by atoms with Gasteiger partial charge in [-0.05, 0) is 28.2 Å². The summed E-state index contributed by atoms with van der Waals surface area (Å²) in [6.07, 6.45) is 0. The third kappa shape index (κ3) is 5.67. The van der Waals surface area contributed by atoms with E-state index in [0.717, 1.165) is 9.34 Å². The molecule has 0 fully saturated rings. The molecule has 0 saturated heterocycles. The average molecular weight is 232 g/mol. The zero-order chi connectivity index (χ0) is 11.9. The van der Waals surface area contributed by atoms with Gasteiger partial charge in [-0.2, -0.15) is 4.20 Å². The van der Waals surface area contributed by atoms with E-state index in [1.165, 1.54) is 28.2 Å². The fourth-order valence-electron chi connectivity index (χ4n) is 0.743. The summed E-state index contributed by atoms with van der Waals surface area (Å²) in [5.41, 5.74) is 0. The molecule has 0 heterocycles. The molecule has 1 aromatic rings. The van der Waals surface area contributed by atoms with Crippen LogP contribution in [0.25, 0.3) is 0 Å². The largest absolute Gasteiger partial charge is 0.381 e. The minimum absolute atomic E-state index is 1.08. The van der Waals surface area contributed by atoms with Gasteiger partial charge in [-0.1, -0.05) is 36.4 Å². The number of halogens is 1. The monoisotopic (exact) mass is 232 g/mol. The van der Waals surface area contributed by atoms with E-state index in [0.29, 0.717) is 0 Å². The molecule has 0 aliphatic rings. The van der Waals surface area contributed by atoms with Crippen LogP contribution >= 0.6 is 7.75 Å². The van der Waals surface area contributed by atoms with E-state index in [4.69, 9.17) is 0 Å². The zero-order valence-electron chi connectivity index (χ0n) is 9.59. The lowest BCUT2D eigenvalue weighted by Crippen LogP contribution is -2.17. The second kappa shape index (κ2) is 6.72. The molecule has 0 spiro atoms. The fourth-order valence-corrected chi connectivity index (χ4v) is 1.46. The Balaban J connectivity index is 0.000000280. The van der Waals surface area contributed by atoms with Gasteiger partial charge in [0.2, 0.25) is 0 Å². The first-order valence-electron chi connectivity index (χ1n) is 4.54. The Hall–Kier alpha value is -0.700. The van der Waals surface area contributed by atoms with Crippen LogP contribution < -0.4 is 0 Å². The van der Waals surface area contributed by atoms with Gasteiger partial charge < -0.3 is 0 Å². The number of hydrogen-bond donors (Lipinski definition) is 0. The maximum atomic E-state index is 12.7. The van der Waals surface area contributed by atoms with Crippen molar-refractivity contribution in [1.29, 1.82) is 0 Å². The summed E-state index contributed by atoms with van der Waals surface area (Å²) in [7, 11) is 2.11. The molecule has 0 unspecified atom stereocenters. The van der Waals surface area contributed by atoms with Crippen molar-refractivity contribution in [3.05, 3.63) is 36.4 Å². The van der Waals surface area contributed by atoms with Crippen LogP contribution in [0.1, 0.15) is 0 Å². The topological polar surface area (TPSA) is 23.6 Å². The standard InChI is InChI=1S/C6H6.C4H12FN2OP/c1-2-4-6-5-3-1;1-6(2)9(5,8)7(3)4/h1-6H;1-4H3. The second-order valence-corrected chi connectivity index (χ2v) is 5.87. The number of rotatable bonds is 2. The summed E-state index contributed by atoms with van der Waals surface area (Å²) in [4.78, 5) is 0. The SMILES string of the molecule is CN(C)P(=O)(F)N(C)C.c1ccccc1. The first kappa shape index (κ1) is 14.3. The second-order valence-electron chi connectivity index (χ2n) is 3.32. The molecule has 1 aromatic carbocycles. The molecule has 0 radical (unpaired) electrons. The molecular weight excluding hydrogens is 214 g/mol. The molecule has 3 nitrogen and oxygen atoms in total. The van der Waals surface area contributed by atoms with Crippen molar-refractivity contribution in [1.82, 2.24) is 9.34 Å². The van der Waals surface area contributed by atoms with E-state index < -0.39 is 7.75 Å². The minimum Gasteiger partial charge on any atom is -0.251 e. The molecule has 0 N–H and O–H groups in total. The Labute approximate surface area is 91.1 Å². The Bertz CT molecular complexity index is 265. The maximum absolute atomic E-state index is 12.7. The highest BCUT2D eigenvalue weighted by Crippen LogP contribution is 2.50. The van der Waals surface area contributed by atoms with Gasteiger partial charge in [0.05, 0.1) is 0 Å². The molecule has 0 aliphatic carbocycles. The number of benzene rings is 1. The summed E-state index contributed by atoms with van der Waals surface area (Å²) in [5, 5.41) is 0. The Morgan fingerprint density at radius 1 is 0.800 bits per heavy atom. The van der Waals surface area contributed by atoms with Crippen molar-refractivity contribution in [2.24, 2.45) is 0 Å². The number of hydrogen-bond acceptors (Lipinski definition) is 1. The molecule has 0 bridgehead atoms. The van der Waals surface area contributed by atoms with E-state index >= 15 is 0 Å². The minimum atomic E-state index is -3.67. The van der Waals surface area contributed by atoms with Crippen molar-refractivity contribution >= 4 is 7.75 Å². The Kier molecular flexibility index (Phi) is 6.41. The van der Waals surface area contributed by atoms with Crippen LogP contribution in [0.5, 0.6) is 0 Å². The average Bonchev–Trinajstić information content (AvgIpc) is 2.21. The molecule has 0 aromatic heterocycles. The lowest BCUT2D eigenvalue weighted by molar-refractivity contribution is 0.399. The molecule has 0 atom stereocenters. The predicted molar refractivity (Wildman–Crippen MR) is 62.5 cm³/mol. The molecule has 15 heavy (non-hydrogen) atoms. The van der Waals surface area contributed by atoms with Crippen molar-refractivity contribution < 1.29 is 8.76 Å². The van der Waals surface area contributed by atoms with Gasteiger partial charge in [0.1, 0.15) is 0 Å². The quantitative estimate of drug-likeness (QED) is 0.732. The molecule has 5 heteroatoms. The summed E-state index contributed by atoms with van der Waals surface area (Å²) < 4.78 is 25.7. The van der Waals surface area contributed by atoms with Gasteiger partial charge in [-0.15, -0.1) is 0 Å². The number of nitrogens with zero attached hydrogens (tertiary/aromatic N) is 2. The highest BCUT2D eigenvalue weighted by atomic mass is 31.2. The van der Waals surface area contributed by atoms with Crippen molar-refractivity contribution in [2.75, 3.05) is 28.2 Å². The van der Waals surface area contributed by atoms with E-state index in [-0.39, 0.29) is 0 Å². The van der Waals surface area contributed by atoms with Gasteiger partial charge in [0.25, 0.3) is 0 Å². The van der Waals surface area contributed by atoms with Crippen LogP contribution in [-0.2, 0) is 4.57 Å². The summed E-state index contributed by atoms with van der Waals surface area (Å²) >= 11 is 0. The predicted octanol–water partition coefficient (Wildman–Crippen LogP) is 2.87. The molecule has 1 rings (SSSR count). The van der Waals surface area contributed by atoms with Crippen molar-refractivity contribution in [3.8, 4) is 0 Å². The van der Waals surface area contributed by atoms with Gasteiger partial charge >= 0.3 is 7.75 Å². The Morgan fingerprint density at radius 3 is 1.07 bits per heavy atom. The van der Waals surface area contributed by atoms with Crippen LogP contribution in [0.3, 0.4) is 0 Å². The summed E-state index contributed by atoms with van der Waals surface area (Å²) in [6.45, 7) is 0. The van der Waals surface area contributed by atoms with Gasteiger partial charge in [0.15, 0.2) is 0 Å². The third-order valence-corrected chi connectivity index (χ3v) is 3.63. The van der Waals surface area contributed by atoms with Crippen LogP contribution in [-0.4, -0.2) is 37.5 Å². The summed E-state index contributed by atoms with van der Waals surface area (Å²) in [6, 6.07) is 12.0. The van der Waals surface area contributed by atoms with Crippen molar-refractivity contribution in [2.45, 2.75) is 0 Å². The first-order chi connectivity index (χ1) is 6.89. The van der Waals surface area contributed by atoms with Gasteiger partial charge in [-0.3, -0.25) is 4.57 Å². The van der Waals surface area contributed by atoms with E-state index in [9.17, 15) is 8.76 Å². The molecule has 0 saturated carbocycles. The van der Waals surface area contributed by atoms with E-state index in [2.05, 4.69) is 0 Å². The Morgan fingerprint density at radius 2 is 1.00 bits per heavy atom.